The van der Waals surface area contributed by atoms with E-state index < -0.39 is 5.60 Å². The molecule has 4 nitrogen and oxygen atoms in total. The zero-order chi connectivity index (χ0) is 18.6. The number of carbonyl (C=O) groups is 2. The zero-order valence-electron chi connectivity index (χ0n) is 15.5. The van der Waals surface area contributed by atoms with Gasteiger partial charge in [0.1, 0.15) is 11.9 Å². The topological polar surface area (TPSA) is 46.6 Å². The van der Waals surface area contributed by atoms with Crippen molar-refractivity contribution < 1.29 is 14.3 Å². The summed E-state index contributed by atoms with van der Waals surface area (Å²) in [6.45, 7) is 8.01. The summed E-state index contributed by atoms with van der Waals surface area (Å²) < 4.78 is 5.39. The van der Waals surface area contributed by atoms with E-state index in [0.29, 0.717) is 12.1 Å². The van der Waals surface area contributed by atoms with Gasteiger partial charge in [-0.15, -0.1) is 0 Å². The molecule has 0 unspecified atom stereocenters. The number of nitrogens with zero attached hydrogens (tertiary/aromatic N) is 1. The SMILES string of the molecule is Cc1cc(C=O)ccc1-c1cccc(CN(C)C(=O)OC(C)(C)C)c1. The molecule has 0 aliphatic carbocycles. The maximum Gasteiger partial charge on any atom is 0.410 e. The second-order valence-corrected chi connectivity index (χ2v) is 7.23. The number of benzene rings is 2. The Morgan fingerprint density at radius 3 is 2.48 bits per heavy atom. The van der Waals surface area contributed by atoms with Crippen LogP contribution in [0.1, 0.15) is 42.3 Å². The Hall–Kier alpha value is -2.62. The third kappa shape index (κ3) is 5.18. The predicted octanol–water partition coefficient (Wildman–Crippen LogP) is 4.84. The monoisotopic (exact) mass is 339 g/mol. The number of rotatable bonds is 4. The van der Waals surface area contributed by atoms with Crippen molar-refractivity contribution in [1.29, 1.82) is 0 Å². The van der Waals surface area contributed by atoms with Crippen molar-refractivity contribution in [3.05, 3.63) is 59.2 Å². The molecule has 1 amide bonds. The van der Waals surface area contributed by atoms with Gasteiger partial charge in [0.15, 0.2) is 0 Å². The van der Waals surface area contributed by atoms with Crippen molar-refractivity contribution in [3.8, 4) is 11.1 Å². The van der Waals surface area contributed by atoms with Crippen LogP contribution in [0.25, 0.3) is 11.1 Å². The first-order valence-corrected chi connectivity index (χ1v) is 8.29. The Balaban J connectivity index is 2.19. The molecule has 0 bridgehead atoms. The fourth-order valence-electron chi connectivity index (χ4n) is 2.60. The largest absolute Gasteiger partial charge is 0.444 e. The van der Waals surface area contributed by atoms with Crippen LogP contribution in [0.5, 0.6) is 0 Å². The number of hydrogen-bond donors (Lipinski definition) is 0. The van der Waals surface area contributed by atoms with Crippen LogP contribution in [0.4, 0.5) is 4.79 Å². The van der Waals surface area contributed by atoms with Crippen LogP contribution in [0.2, 0.25) is 0 Å². The summed E-state index contributed by atoms with van der Waals surface area (Å²) in [5.41, 5.74) is 4.36. The van der Waals surface area contributed by atoms with Gasteiger partial charge in [-0.25, -0.2) is 4.79 Å². The Bertz CT molecular complexity index is 775. The Morgan fingerprint density at radius 2 is 1.88 bits per heavy atom. The van der Waals surface area contributed by atoms with Gasteiger partial charge in [-0.2, -0.15) is 0 Å². The van der Waals surface area contributed by atoms with Gasteiger partial charge in [0.25, 0.3) is 0 Å². The lowest BCUT2D eigenvalue weighted by atomic mass is 9.97. The number of carbonyl (C=O) groups excluding carboxylic acids is 2. The van der Waals surface area contributed by atoms with E-state index in [0.717, 1.165) is 28.5 Å². The van der Waals surface area contributed by atoms with E-state index >= 15 is 0 Å². The third-order valence-electron chi connectivity index (χ3n) is 3.75. The molecule has 4 heteroatoms. The first-order valence-electron chi connectivity index (χ1n) is 8.29. The molecule has 0 aromatic heterocycles. The first-order chi connectivity index (χ1) is 11.7. The summed E-state index contributed by atoms with van der Waals surface area (Å²) in [7, 11) is 1.73. The average Bonchev–Trinajstić information content (AvgIpc) is 2.53. The lowest BCUT2D eigenvalue weighted by Crippen LogP contribution is -2.33. The smallest absolute Gasteiger partial charge is 0.410 e. The van der Waals surface area contributed by atoms with Gasteiger partial charge < -0.3 is 9.64 Å². The minimum absolute atomic E-state index is 0.343. The van der Waals surface area contributed by atoms with Gasteiger partial charge in [0.05, 0.1) is 0 Å². The summed E-state index contributed by atoms with van der Waals surface area (Å²) in [5.74, 6) is 0. The van der Waals surface area contributed by atoms with Crippen LogP contribution >= 0.6 is 0 Å². The van der Waals surface area contributed by atoms with Gasteiger partial charge in [-0.3, -0.25) is 4.79 Å². The minimum Gasteiger partial charge on any atom is -0.444 e. The van der Waals surface area contributed by atoms with E-state index in [4.69, 9.17) is 4.74 Å². The fraction of sp³-hybridized carbons (Fsp3) is 0.333. The van der Waals surface area contributed by atoms with Crippen LogP contribution in [0, 0.1) is 6.92 Å². The van der Waals surface area contributed by atoms with Crippen molar-refractivity contribution in [3.63, 3.8) is 0 Å². The van der Waals surface area contributed by atoms with Crippen LogP contribution in [0.15, 0.2) is 42.5 Å². The van der Waals surface area contributed by atoms with Crippen LogP contribution in [0.3, 0.4) is 0 Å². The quantitative estimate of drug-likeness (QED) is 0.749. The minimum atomic E-state index is -0.509. The van der Waals surface area contributed by atoms with Gasteiger partial charge in [-0.1, -0.05) is 30.3 Å². The van der Waals surface area contributed by atoms with Crippen molar-refractivity contribution >= 4 is 12.4 Å². The molecule has 0 saturated heterocycles. The average molecular weight is 339 g/mol. The normalized spacial score (nSPS) is 11.1. The molecule has 0 N–H and O–H groups in total. The van der Waals surface area contributed by atoms with E-state index in [9.17, 15) is 9.59 Å². The van der Waals surface area contributed by atoms with E-state index in [1.807, 2.05) is 64.1 Å². The van der Waals surface area contributed by atoms with Crippen molar-refractivity contribution in [1.82, 2.24) is 4.90 Å². The van der Waals surface area contributed by atoms with E-state index in [2.05, 4.69) is 6.07 Å². The Kier molecular flexibility index (Phi) is 5.62. The zero-order valence-corrected chi connectivity index (χ0v) is 15.5. The predicted molar refractivity (Wildman–Crippen MR) is 99.7 cm³/mol. The summed E-state index contributed by atoms with van der Waals surface area (Å²) in [6, 6.07) is 13.7. The number of amides is 1. The van der Waals surface area contributed by atoms with Crippen molar-refractivity contribution in [2.24, 2.45) is 0 Å². The second-order valence-electron chi connectivity index (χ2n) is 7.23. The summed E-state index contributed by atoms with van der Waals surface area (Å²) in [4.78, 5) is 24.6. The maximum atomic E-state index is 12.1. The lowest BCUT2D eigenvalue weighted by molar-refractivity contribution is 0.0285. The molecule has 0 fully saturated rings. The van der Waals surface area contributed by atoms with Crippen LogP contribution in [-0.4, -0.2) is 29.9 Å². The molecule has 25 heavy (non-hydrogen) atoms. The number of ether oxygens (including phenoxy) is 1. The number of aryl methyl sites for hydroxylation is 1. The molecular weight excluding hydrogens is 314 g/mol. The molecule has 2 rings (SSSR count). The third-order valence-corrected chi connectivity index (χ3v) is 3.75. The molecule has 2 aromatic carbocycles. The standard InChI is InChI=1S/C21H25NO3/c1-15-11-17(14-23)9-10-19(15)18-8-6-7-16(12-18)13-22(5)20(24)25-21(2,3)4/h6-12,14H,13H2,1-5H3. The number of aldehydes is 1. The van der Waals surface area contributed by atoms with Crippen molar-refractivity contribution in [2.75, 3.05) is 7.05 Å². The molecule has 0 atom stereocenters. The van der Waals surface area contributed by atoms with Gasteiger partial charge in [-0.05, 0) is 62.1 Å². The maximum absolute atomic E-state index is 12.1. The van der Waals surface area contributed by atoms with Crippen LogP contribution in [-0.2, 0) is 11.3 Å². The number of hydrogen-bond acceptors (Lipinski definition) is 3. The van der Waals surface area contributed by atoms with Gasteiger partial charge >= 0.3 is 6.09 Å². The molecule has 0 saturated carbocycles. The molecule has 132 valence electrons. The summed E-state index contributed by atoms with van der Waals surface area (Å²) >= 11 is 0. The van der Waals surface area contributed by atoms with Gasteiger partial charge in [0.2, 0.25) is 0 Å². The Morgan fingerprint density at radius 1 is 1.16 bits per heavy atom. The highest BCUT2D eigenvalue weighted by molar-refractivity contribution is 5.78. The fourth-order valence-corrected chi connectivity index (χ4v) is 2.60. The van der Waals surface area contributed by atoms with E-state index in [1.54, 1.807) is 11.9 Å². The van der Waals surface area contributed by atoms with Crippen LogP contribution < -0.4 is 0 Å². The highest BCUT2D eigenvalue weighted by atomic mass is 16.6. The summed E-state index contributed by atoms with van der Waals surface area (Å²) in [6.07, 6.45) is 0.507. The Labute approximate surface area is 149 Å². The highest BCUT2D eigenvalue weighted by Gasteiger charge is 2.19. The second kappa shape index (κ2) is 7.51. The molecular formula is C21H25NO3. The van der Waals surface area contributed by atoms with E-state index in [-0.39, 0.29) is 6.09 Å². The molecule has 2 aromatic rings. The first kappa shape index (κ1) is 18.7. The molecule has 0 radical (unpaired) electrons. The molecule has 0 heterocycles. The van der Waals surface area contributed by atoms with E-state index in [1.165, 1.54) is 0 Å². The lowest BCUT2D eigenvalue weighted by Gasteiger charge is -2.24. The molecule has 0 aliphatic heterocycles. The summed E-state index contributed by atoms with van der Waals surface area (Å²) in [5, 5.41) is 0. The highest BCUT2D eigenvalue weighted by Crippen LogP contribution is 2.25. The molecule has 0 spiro atoms. The van der Waals surface area contributed by atoms with Crippen molar-refractivity contribution in [2.45, 2.75) is 39.8 Å². The van der Waals surface area contributed by atoms with Gasteiger partial charge in [0, 0.05) is 19.2 Å². The molecule has 0 aliphatic rings.